The number of carbonyl (C=O) groups excluding carboxylic acids is 1. The zero-order valence-corrected chi connectivity index (χ0v) is 13.6. The van der Waals surface area contributed by atoms with Crippen molar-refractivity contribution in [1.82, 2.24) is 5.32 Å². The smallest absolute Gasteiger partial charge is 0.246 e. The van der Waals surface area contributed by atoms with Crippen LogP contribution < -0.4 is 5.32 Å². The van der Waals surface area contributed by atoms with Gasteiger partial charge in [0.05, 0.1) is 0 Å². The SMILES string of the molecule is CC(=CC1CCC(C)C2CCC(C)=C12)C(=O)NC(C)C. The number of rotatable bonds is 3. The molecule has 0 saturated heterocycles. The molecule has 1 amide bonds. The van der Waals surface area contributed by atoms with Crippen LogP contribution in [0.2, 0.25) is 0 Å². The van der Waals surface area contributed by atoms with Gasteiger partial charge in [-0.3, -0.25) is 4.79 Å². The highest BCUT2D eigenvalue weighted by Gasteiger charge is 2.36. The second-order valence-electron chi connectivity index (χ2n) is 7.02. The molecule has 0 aromatic heterocycles. The maximum atomic E-state index is 12.1. The van der Waals surface area contributed by atoms with Crippen LogP contribution in [0.5, 0.6) is 0 Å². The summed E-state index contributed by atoms with van der Waals surface area (Å²) in [6.45, 7) is 10.6. The third-order valence-electron chi connectivity index (χ3n) is 4.97. The lowest BCUT2D eigenvalue weighted by molar-refractivity contribution is -0.117. The Bertz CT molecular complexity index is 444. The molecule has 2 rings (SSSR count). The van der Waals surface area contributed by atoms with Crippen LogP contribution in [0.4, 0.5) is 0 Å². The summed E-state index contributed by atoms with van der Waals surface area (Å²) in [6.07, 6.45) is 7.30. The van der Waals surface area contributed by atoms with Crippen LogP contribution in [0.3, 0.4) is 0 Å². The fourth-order valence-corrected chi connectivity index (χ4v) is 3.90. The Morgan fingerprint density at radius 2 is 2.00 bits per heavy atom. The van der Waals surface area contributed by atoms with Crippen LogP contribution in [-0.4, -0.2) is 11.9 Å². The highest BCUT2D eigenvalue weighted by atomic mass is 16.1. The van der Waals surface area contributed by atoms with E-state index in [9.17, 15) is 4.79 Å². The molecule has 0 radical (unpaired) electrons. The molecule has 0 spiro atoms. The fourth-order valence-electron chi connectivity index (χ4n) is 3.90. The van der Waals surface area contributed by atoms with Crippen molar-refractivity contribution < 1.29 is 4.79 Å². The van der Waals surface area contributed by atoms with Gasteiger partial charge in [0, 0.05) is 11.6 Å². The van der Waals surface area contributed by atoms with Crippen molar-refractivity contribution in [2.45, 2.75) is 66.3 Å². The summed E-state index contributed by atoms with van der Waals surface area (Å²) in [7, 11) is 0. The maximum absolute atomic E-state index is 12.1. The quantitative estimate of drug-likeness (QED) is 0.606. The van der Waals surface area contributed by atoms with E-state index in [1.54, 1.807) is 11.1 Å². The Balaban J connectivity index is 2.16. The average molecular weight is 275 g/mol. The van der Waals surface area contributed by atoms with E-state index < -0.39 is 0 Å². The molecule has 0 aromatic rings. The van der Waals surface area contributed by atoms with Crippen molar-refractivity contribution in [3.63, 3.8) is 0 Å². The standard InChI is InChI=1S/C18H29NO/c1-11(2)19-18(20)14(5)10-15-8-6-12(3)16-9-7-13(4)17(15)16/h10-12,15-16H,6-9H2,1-5H3,(H,19,20). The van der Waals surface area contributed by atoms with E-state index in [2.05, 4.69) is 25.2 Å². The zero-order chi connectivity index (χ0) is 14.9. The molecule has 0 heterocycles. The monoisotopic (exact) mass is 275 g/mol. The Morgan fingerprint density at radius 3 is 2.65 bits per heavy atom. The molecule has 2 aliphatic rings. The van der Waals surface area contributed by atoms with Gasteiger partial charge in [0.2, 0.25) is 5.91 Å². The van der Waals surface area contributed by atoms with Gasteiger partial charge in [0.1, 0.15) is 0 Å². The summed E-state index contributed by atoms with van der Waals surface area (Å²) in [5, 5.41) is 2.99. The van der Waals surface area contributed by atoms with Gasteiger partial charge in [-0.1, -0.05) is 24.1 Å². The lowest BCUT2D eigenvalue weighted by Gasteiger charge is -2.34. The number of allylic oxidation sites excluding steroid dienone is 3. The Morgan fingerprint density at radius 1 is 1.30 bits per heavy atom. The van der Waals surface area contributed by atoms with E-state index in [1.165, 1.54) is 25.7 Å². The Labute approximate surface area is 123 Å². The van der Waals surface area contributed by atoms with Gasteiger partial charge in [-0.25, -0.2) is 0 Å². The van der Waals surface area contributed by atoms with Gasteiger partial charge in [-0.05, 0) is 71.1 Å². The van der Waals surface area contributed by atoms with E-state index in [1.807, 2.05) is 20.8 Å². The predicted octanol–water partition coefficient (Wildman–Crippen LogP) is 4.23. The maximum Gasteiger partial charge on any atom is 0.246 e. The average Bonchev–Trinajstić information content (AvgIpc) is 2.75. The van der Waals surface area contributed by atoms with E-state index in [0.717, 1.165) is 17.4 Å². The van der Waals surface area contributed by atoms with Gasteiger partial charge >= 0.3 is 0 Å². The predicted molar refractivity (Wildman–Crippen MR) is 84.3 cm³/mol. The molecule has 1 fully saturated rings. The normalized spacial score (nSPS) is 30.7. The molecule has 2 heteroatoms. The topological polar surface area (TPSA) is 29.1 Å². The van der Waals surface area contributed by atoms with Gasteiger partial charge < -0.3 is 5.32 Å². The molecule has 3 unspecified atom stereocenters. The Hall–Kier alpha value is -1.05. The number of hydrogen-bond acceptors (Lipinski definition) is 1. The first-order valence-electron chi connectivity index (χ1n) is 8.09. The molecule has 0 aromatic carbocycles. The van der Waals surface area contributed by atoms with Crippen molar-refractivity contribution in [2.24, 2.45) is 17.8 Å². The van der Waals surface area contributed by atoms with E-state index in [-0.39, 0.29) is 11.9 Å². The number of hydrogen-bond donors (Lipinski definition) is 1. The second-order valence-corrected chi connectivity index (χ2v) is 7.02. The number of carbonyl (C=O) groups is 1. The number of nitrogens with one attached hydrogen (secondary N) is 1. The molecule has 2 aliphatic carbocycles. The Kier molecular flexibility index (Phi) is 4.72. The van der Waals surface area contributed by atoms with Crippen LogP contribution in [0.1, 0.15) is 60.3 Å². The molecule has 2 nitrogen and oxygen atoms in total. The van der Waals surface area contributed by atoms with Crippen molar-refractivity contribution in [2.75, 3.05) is 0 Å². The largest absolute Gasteiger partial charge is 0.350 e. The third-order valence-corrected chi connectivity index (χ3v) is 4.97. The first kappa shape index (κ1) is 15.3. The molecule has 0 bridgehead atoms. The minimum absolute atomic E-state index is 0.0893. The molecule has 3 atom stereocenters. The molecule has 1 saturated carbocycles. The molecule has 112 valence electrons. The van der Waals surface area contributed by atoms with Gasteiger partial charge in [-0.15, -0.1) is 0 Å². The minimum atomic E-state index is 0.0893. The molecule has 0 aliphatic heterocycles. The highest BCUT2D eigenvalue weighted by Crippen LogP contribution is 2.48. The second kappa shape index (κ2) is 6.15. The van der Waals surface area contributed by atoms with Gasteiger partial charge in [-0.2, -0.15) is 0 Å². The summed E-state index contributed by atoms with van der Waals surface area (Å²) in [5.74, 6) is 2.17. The summed E-state index contributed by atoms with van der Waals surface area (Å²) in [5.41, 5.74) is 4.12. The first-order chi connectivity index (χ1) is 9.40. The van der Waals surface area contributed by atoms with Crippen molar-refractivity contribution in [1.29, 1.82) is 0 Å². The lowest BCUT2D eigenvalue weighted by Crippen LogP contribution is -2.31. The molecule has 20 heavy (non-hydrogen) atoms. The fraction of sp³-hybridized carbons (Fsp3) is 0.722. The van der Waals surface area contributed by atoms with Crippen LogP contribution in [-0.2, 0) is 4.79 Å². The van der Waals surface area contributed by atoms with Crippen LogP contribution in [0.25, 0.3) is 0 Å². The van der Waals surface area contributed by atoms with Gasteiger partial charge in [0.25, 0.3) is 0 Å². The van der Waals surface area contributed by atoms with E-state index in [0.29, 0.717) is 5.92 Å². The van der Waals surface area contributed by atoms with Gasteiger partial charge in [0.15, 0.2) is 0 Å². The van der Waals surface area contributed by atoms with Crippen LogP contribution >= 0.6 is 0 Å². The van der Waals surface area contributed by atoms with E-state index in [4.69, 9.17) is 0 Å². The van der Waals surface area contributed by atoms with Crippen LogP contribution in [0, 0.1) is 17.8 Å². The van der Waals surface area contributed by atoms with E-state index >= 15 is 0 Å². The van der Waals surface area contributed by atoms with Crippen molar-refractivity contribution >= 4 is 5.91 Å². The summed E-state index contributed by atoms with van der Waals surface area (Å²) >= 11 is 0. The third kappa shape index (κ3) is 3.16. The first-order valence-corrected chi connectivity index (χ1v) is 8.09. The molecular formula is C18H29NO. The van der Waals surface area contributed by atoms with Crippen molar-refractivity contribution in [3.05, 3.63) is 22.8 Å². The molecule has 1 N–H and O–H groups in total. The summed E-state index contributed by atoms with van der Waals surface area (Å²) in [6, 6.07) is 0.206. The van der Waals surface area contributed by atoms with Crippen molar-refractivity contribution in [3.8, 4) is 0 Å². The number of amides is 1. The zero-order valence-electron chi connectivity index (χ0n) is 13.6. The highest BCUT2D eigenvalue weighted by molar-refractivity contribution is 5.93. The summed E-state index contributed by atoms with van der Waals surface area (Å²) < 4.78 is 0. The minimum Gasteiger partial charge on any atom is -0.350 e. The number of fused-ring (bicyclic) bond motifs is 1. The van der Waals surface area contributed by atoms with Crippen LogP contribution in [0.15, 0.2) is 22.8 Å². The summed E-state index contributed by atoms with van der Waals surface area (Å²) in [4.78, 5) is 12.1. The lowest BCUT2D eigenvalue weighted by atomic mass is 9.71. The molecular weight excluding hydrogens is 246 g/mol.